The molecule has 2 aromatic rings. The largest absolute Gasteiger partial charge is 0.445 e. The molecule has 0 saturated carbocycles. The number of amides is 1. The van der Waals surface area contributed by atoms with Crippen LogP contribution in [-0.2, 0) is 11.3 Å². The van der Waals surface area contributed by atoms with Gasteiger partial charge in [-0.2, -0.15) is 0 Å². The van der Waals surface area contributed by atoms with Crippen molar-refractivity contribution in [3.05, 3.63) is 71.8 Å². The molecule has 2 rings (SSSR count). The highest BCUT2D eigenvalue weighted by molar-refractivity contribution is 5.68. The number of benzene rings is 2. The van der Waals surface area contributed by atoms with Crippen molar-refractivity contribution in [3.63, 3.8) is 0 Å². The smallest absolute Gasteiger partial charge is 0.410 e. The second kappa shape index (κ2) is 8.96. The average molecular weight is 313 g/mol. The quantitative estimate of drug-likeness (QED) is 0.846. The van der Waals surface area contributed by atoms with Crippen molar-refractivity contribution < 1.29 is 14.6 Å². The highest BCUT2D eigenvalue weighted by Crippen LogP contribution is 2.24. The summed E-state index contributed by atoms with van der Waals surface area (Å²) in [7, 11) is 0. The molecule has 0 aliphatic heterocycles. The number of ether oxygens (including phenoxy) is 1. The fourth-order valence-corrected chi connectivity index (χ4v) is 2.60. The van der Waals surface area contributed by atoms with Crippen LogP contribution in [0.4, 0.5) is 4.79 Å². The Labute approximate surface area is 137 Å². The van der Waals surface area contributed by atoms with Gasteiger partial charge in [0.2, 0.25) is 0 Å². The molecule has 0 radical (unpaired) electrons. The van der Waals surface area contributed by atoms with Crippen molar-refractivity contribution in [2.24, 2.45) is 0 Å². The topological polar surface area (TPSA) is 49.8 Å². The molecule has 1 unspecified atom stereocenters. The minimum absolute atomic E-state index is 0.0935. The number of nitrogens with zero attached hydrogens (tertiary/aromatic N) is 1. The number of aliphatic hydroxyl groups is 1. The first kappa shape index (κ1) is 17.0. The molecule has 4 heteroatoms. The van der Waals surface area contributed by atoms with Gasteiger partial charge in [-0.05, 0) is 17.5 Å². The third-order valence-electron chi connectivity index (χ3n) is 3.73. The summed E-state index contributed by atoms with van der Waals surface area (Å²) in [6.07, 6.45) is 0.350. The van der Waals surface area contributed by atoms with E-state index in [1.807, 2.05) is 67.6 Å². The summed E-state index contributed by atoms with van der Waals surface area (Å²) in [6, 6.07) is 19.3. The molecule has 122 valence electrons. The van der Waals surface area contributed by atoms with E-state index >= 15 is 0 Å². The van der Waals surface area contributed by atoms with Gasteiger partial charge >= 0.3 is 6.09 Å². The summed E-state index contributed by atoms with van der Waals surface area (Å²) in [5, 5.41) is 9.31. The van der Waals surface area contributed by atoms with Crippen LogP contribution in [0.25, 0.3) is 0 Å². The summed E-state index contributed by atoms with van der Waals surface area (Å²) in [6.45, 7) is 2.41. The maximum Gasteiger partial charge on any atom is 0.410 e. The fourth-order valence-electron chi connectivity index (χ4n) is 2.60. The van der Waals surface area contributed by atoms with E-state index in [9.17, 15) is 9.90 Å². The lowest BCUT2D eigenvalue weighted by Gasteiger charge is -2.30. The van der Waals surface area contributed by atoms with Crippen LogP contribution in [0.15, 0.2) is 60.7 Å². The SMILES string of the molecule is CCC(c1ccccc1)N(CCO)C(=O)OCc1ccccc1. The molecule has 0 fully saturated rings. The number of hydrogen-bond acceptors (Lipinski definition) is 3. The van der Waals surface area contributed by atoms with Gasteiger partial charge in [0.25, 0.3) is 0 Å². The van der Waals surface area contributed by atoms with Crippen LogP contribution in [-0.4, -0.2) is 29.3 Å². The number of carbonyl (C=O) groups is 1. The maximum atomic E-state index is 12.5. The average Bonchev–Trinajstić information content (AvgIpc) is 2.61. The monoisotopic (exact) mass is 313 g/mol. The van der Waals surface area contributed by atoms with E-state index < -0.39 is 6.09 Å². The van der Waals surface area contributed by atoms with Gasteiger partial charge < -0.3 is 9.84 Å². The zero-order valence-corrected chi connectivity index (χ0v) is 13.4. The Morgan fingerprint density at radius 3 is 2.26 bits per heavy atom. The molecular weight excluding hydrogens is 290 g/mol. The number of aliphatic hydroxyl groups excluding tert-OH is 1. The third kappa shape index (κ3) is 4.83. The fraction of sp³-hybridized carbons (Fsp3) is 0.316. The third-order valence-corrected chi connectivity index (χ3v) is 3.73. The zero-order chi connectivity index (χ0) is 16.5. The molecule has 2 aromatic carbocycles. The van der Waals surface area contributed by atoms with E-state index in [4.69, 9.17) is 4.74 Å². The van der Waals surface area contributed by atoms with Gasteiger partial charge in [0.1, 0.15) is 6.61 Å². The van der Waals surface area contributed by atoms with Gasteiger partial charge in [-0.15, -0.1) is 0 Å². The molecule has 0 aliphatic rings. The van der Waals surface area contributed by atoms with Crippen molar-refractivity contribution >= 4 is 6.09 Å². The van der Waals surface area contributed by atoms with Crippen LogP contribution in [0.1, 0.15) is 30.5 Å². The van der Waals surface area contributed by atoms with E-state index in [0.29, 0.717) is 0 Å². The van der Waals surface area contributed by atoms with Gasteiger partial charge in [-0.1, -0.05) is 67.6 Å². The zero-order valence-electron chi connectivity index (χ0n) is 13.4. The van der Waals surface area contributed by atoms with Crippen LogP contribution in [0.5, 0.6) is 0 Å². The molecule has 0 aromatic heterocycles. The standard InChI is InChI=1S/C19H23NO3/c1-2-18(17-11-7-4-8-12-17)20(13-14-21)19(22)23-15-16-9-5-3-6-10-16/h3-12,18,21H,2,13-15H2,1H3. The first-order chi connectivity index (χ1) is 11.3. The van der Waals surface area contributed by atoms with E-state index in [0.717, 1.165) is 17.5 Å². The van der Waals surface area contributed by atoms with Gasteiger partial charge in [-0.25, -0.2) is 4.79 Å². The highest BCUT2D eigenvalue weighted by Gasteiger charge is 2.24. The van der Waals surface area contributed by atoms with Crippen LogP contribution in [0.3, 0.4) is 0 Å². The second-order valence-electron chi connectivity index (χ2n) is 5.29. The number of carbonyl (C=O) groups excluding carboxylic acids is 1. The Balaban J connectivity index is 2.08. The number of rotatable bonds is 7. The van der Waals surface area contributed by atoms with E-state index in [2.05, 4.69) is 0 Å². The maximum absolute atomic E-state index is 12.5. The van der Waals surface area contributed by atoms with Gasteiger partial charge in [-0.3, -0.25) is 4.90 Å². The molecule has 1 amide bonds. The molecule has 23 heavy (non-hydrogen) atoms. The molecule has 1 atom stereocenters. The van der Waals surface area contributed by atoms with Crippen LogP contribution in [0.2, 0.25) is 0 Å². The Hall–Kier alpha value is -2.33. The molecule has 0 heterocycles. The van der Waals surface area contributed by atoms with Crippen molar-refractivity contribution in [3.8, 4) is 0 Å². The van der Waals surface area contributed by atoms with Crippen molar-refractivity contribution in [2.75, 3.05) is 13.2 Å². The molecular formula is C19H23NO3. The van der Waals surface area contributed by atoms with E-state index in [1.54, 1.807) is 4.90 Å². The van der Waals surface area contributed by atoms with Crippen LogP contribution < -0.4 is 0 Å². The summed E-state index contributed by atoms with van der Waals surface area (Å²) in [5.41, 5.74) is 1.98. The van der Waals surface area contributed by atoms with E-state index in [1.165, 1.54) is 0 Å². The van der Waals surface area contributed by atoms with Crippen LogP contribution >= 0.6 is 0 Å². The summed E-state index contributed by atoms with van der Waals surface area (Å²) >= 11 is 0. The summed E-state index contributed by atoms with van der Waals surface area (Å²) < 4.78 is 5.42. The van der Waals surface area contributed by atoms with Gasteiger partial charge in [0.15, 0.2) is 0 Å². The molecule has 1 N–H and O–H groups in total. The Kier molecular flexibility index (Phi) is 6.63. The lowest BCUT2D eigenvalue weighted by molar-refractivity contribution is 0.0703. The first-order valence-corrected chi connectivity index (χ1v) is 7.89. The second-order valence-corrected chi connectivity index (χ2v) is 5.29. The summed E-state index contributed by atoms with van der Waals surface area (Å²) in [4.78, 5) is 14.1. The van der Waals surface area contributed by atoms with Crippen molar-refractivity contribution in [1.82, 2.24) is 4.90 Å². The molecule has 0 spiro atoms. The normalized spacial score (nSPS) is 11.7. The highest BCUT2D eigenvalue weighted by atomic mass is 16.6. The molecule has 0 saturated heterocycles. The van der Waals surface area contributed by atoms with Crippen LogP contribution in [0, 0.1) is 0 Å². The number of hydrogen-bond donors (Lipinski definition) is 1. The molecule has 4 nitrogen and oxygen atoms in total. The first-order valence-electron chi connectivity index (χ1n) is 7.89. The molecule has 0 aliphatic carbocycles. The van der Waals surface area contributed by atoms with Gasteiger partial charge in [0, 0.05) is 6.54 Å². The van der Waals surface area contributed by atoms with Crippen molar-refractivity contribution in [2.45, 2.75) is 26.0 Å². The minimum atomic E-state index is -0.404. The lowest BCUT2D eigenvalue weighted by Crippen LogP contribution is -2.37. The Bertz CT molecular complexity index is 586. The minimum Gasteiger partial charge on any atom is -0.445 e. The lowest BCUT2D eigenvalue weighted by atomic mass is 10.0. The predicted molar refractivity (Wildman–Crippen MR) is 89.9 cm³/mol. The Morgan fingerprint density at radius 1 is 1.09 bits per heavy atom. The van der Waals surface area contributed by atoms with Gasteiger partial charge in [0.05, 0.1) is 12.6 Å². The molecule has 0 bridgehead atoms. The Morgan fingerprint density at radius 2 is 1.70 bits per heavy atom. The van der Waals surface area contributed by atoms with E-state index in [-0.39, 0.29) is 25.8 Å². The van der Waals surface area contributed by atoms with Crippen molar-refractivity contribution in [1.29, 1.82) is 0 Å². The summed E-state index contributed by atoms with van der Waals surface area (Å²) in [5.74, 6) is 0. The predicted octanol–water partition coefficient (Wildman–Crippen LogP) is 3.77.